The van der Waals surface area contributed by atoms with Crippen molar-refractivity contribution in [3.8, 4) is 5.75 Å². The molecule has 37 heavy (non-hydrogen) atoms. The molecule has 1 aliphatic rings. The standard InChI is InChI=1S/C29H32F2N2O3.ClH/c1-21-4-2-3-5-27(21)33-16-14-32(15-17-33)19-25(34)20-36-29-13-11-24(31)18-26(29)28(35)12-8-22-6-9-23(30)10-7-22;/h2-7,9-11,13,18,25,34H,8,12,14-17,19-20H2,1H3;1H. The summed E-state index contributed by atoms with van der Waals surface area (Å²) in [5.41, 5.74) is 3.47. The van der Waals surface area contributed by atoms with Crippen molar-refractivity contribution in [2.75, 3.05) is 44.2 Å². The lowest BCUT2D eigenvalue weighted by molar-refractivity contribution is 0.0655. The molecule has 5 nitrogen and oxygen atoms in total. The Hall–Kier alpha value is -3.00. The van der Waals surface area contributed by atoms with E-state index in [1.807, 2.05) is 12.1 Å². The van der Waals surface area contributed by atoms with E-state index in [1.165, 1.54) is 41.6 Å². The molecule has 1 atom stereocenters. The number of piperazine rings is 1. The number of carbonyl (C=O) groups excluding carboxylic acids is 1. The first kappa shape index (κ1) is 28.6. The maximum absolute atomic E-state index is 13.9. The van der Waals surface area contributed by atoms with E-state index in [1.54, 1.807) is 12.1 Å². The fourth-order valence-corrected chi connectivity index (χ4v) is 4.52. The Kier molecular flexibility index (Phi) is 10.4. The predicted octanol–water partition coefficient (Wildman–Crippen LogP) is 5.07. The van der Waals surface area contributed by atoms with Gasteiger partial charge in [-0.25, -0.2) is 8.78 Å². The second kappa shape index (κ2) is 13.5. The van der Waals surface area contributed by atoms with E-state index in [9.17, 15) is 18.7 Å². The molecule has 1 saturated heterocycles. The lowest BCUT2D eigenvalue weighted by Crippen LogP contribution is -2.49. The van der Waals surface area contributed by atoms with Crippen LogP contribution in [0.25, 0.3) is 0 Å². The molecule has 1 unspecified atom stereocenters. The van der Waals surface area contributed by atoms with Gasteiger partial charge in [-0.15, -0.1) is 12.4 Å². The first-order chi connectivity index (χ1) is 17.4. The molecule has 3 aromatic rings. The first-order valence-electron chi connectivity index (χ1n) is 12.3. The van der Waals surface area contributed by atoms with Gasteiger partial charge in [-0.05, 0) is 60.9 Å². The van der Waals surface area contributed by atoms with E-state index >= 15 is 0 Å². The molecule has 0 radical (unpaired) electrons. The lowest BCUT2D eigenvalue weighted by Gasteiger charge is -2.37. The van der Waals surface area contributed by atoms with Gasteiger partial charge in [-0.2, -0.15) is 0 Å². The number of nitrogens with zero attached hydrogens (tertiary/aromatic N) is 2. The molecule has 0 bridgehead atoms. The van der Waals surface area contributed by atoms with Crippen molar-refractivity contribution < 1.29 is 23.4 Å². The second-order valence-corrected chi connectivity index (χ2v) is 9.23. The minimum absolute atomic E-state index is 0. The van der Waals surface area contributed by atoms with Gasteiger partial charge < -0.3 is 14.7 Å². The first-order valence-corrected chi connectivity index (χ1v) is 12.3. The topological polar surface area (TPSA) is 53.0 Å². The van der Waals surface area contributed by atoms with E-state index in [-0.39, 0.29) is 48.3 Å². The number of β-amino-alcohol motifs (C(OH)–C–C–N with tert-alkyl or cyclic N) is 1. The van der Waals surface area contributed by atoms with Crippen LogP contribution in [0.5, 0.6) is 5.75 Å². The van der Waals surface area contributed by atoms with Crippen molar-refractivity contribution in [1.82, 2.24) is 4.90 Å². The molecule has 4 rings (SSSR count). The number of Topliss-reactive ketones (excluding diaryl/α,β-unsaturated/α-hetero) is 1. The fraction of sp³-hybridized carbons (Fsp3) is 0.345. The number of ketones is 1. The Morgan fingerprint density at radius 2 is 1.65 bits per heavy atom. The third-order valence-corrected chi connectivity index (χ3v) is 6.52. The monoisotopic (exact) mass is 530 g/mol. The van der Waals surface area contributed by atoms with Crippen LogP contribution < -0.4 is 9.64 Å². The summed E-state index contributed by atoms with van der Waals surface area (Å²) >= 11 is 0. The third-order valence-electron chi connectivity index (χ3n) is 6.52. The van der Waals surface area contributed by atoms with E-state index in [0.717, 1.165) is 31.7 Å². The van der Waals surface area contributed by atoms with Crippen LogP contribution in [0, 0.1) is 18.6 Å². The zero-order valence-corrected chi connectivity index (χ0v) is 21.7. The quantitative estimate of drug-likeness (QED) is 0.371. The fourth-order valence-electron chi connectivity index (χ4n) is 4.52. The van der Waals surface area contributed by atoms with E-state index < -0.39 is 11.9 Å². The zero-order chi connectivity index (χ0) is 25.5. The Labute approximate surface area is 223 Å². The molecule has 198 valence electrons. The number of hydrogen-bond donors (Lipinski definition) is 1. The van der Waals surface area contributed by atoms with Crippen molar-refractivity contribution >= 4 is 23.9 Å². The summed E-state index contributed by atoms with van der Waals surface area (Å²) in [6.07, 6.45) is -0.201. The second-order valence-electron chi connectivity index (χ2n) is 9.23. The molecule has 0 spiro atoms. The van der Waals surface area contributed by atoms with Crippen LogP contribution in [0.4, 0.5) is 14.5 Å². The Morgan fingerprint density at radius 1 is 0.973 bits per heavy atom. The van der Waals surface area contributed by atoms with E-state index in [2.05, 4.69) is 28.9 Å². The van der Waals surface area contributed by atoms with Gasteiger partial charge in [0.1, 0.15) is 30.1 Å². The number of hydrogen-bond acceptors (Lipinski definition) is 5. The molecule has 1 aliphatic heterocycles. The van der Waals surface area contributed by atoms with Gasteiger partial charge in [-0.3, -0.25) is 9.69 Å². The van der Waals surface area contributed by atoms with Crippen molar-refractivity contribution in [3.63, 3.8) is 0 Å². The Bertz CT molecular complexity index is 1170. The number of anilines is 1. The number of aliphatic hydroxyl groups is 1. The number of para-hydroxylation sites is 1. The molecule has 3 aromatic carbocycles. The Morgan fingerprint density at radius 3 is 2.35 bits per heavy atom. The number of benzene rings is 3. The smallest absolute Gasteiger partial charge is 0.167 e. The molecule has 0 aliphatic carbocycles. The van der Waals surface area contributed by atoms with Gasteiger partial charge in [0.2, 0.25) is 0 Å². The number of aliphatic hydroxyl groups excluding tert-OH is 1. The lowest BCUT2D eigenvalue weighted by atomic mass is 10.0. The molecular weight excluding hydrogens is 498 g/mol. The molecule has 0 saturated carbocycles. The molecule has 1 fully saturated rings. The maximum atomic E-state index is 13.9. The zero-order valence-electron chi connectivity index (χ0n) is 20.9. The van der Waals surface area contributed by atoms with Gasteiger partial charge in [-0.1, -0.05) is 30.3 Å². The minimum atomic E-state index is -0.748. The molecule has 0 aromatic heterocycles. The van der Waals surface area contributed by atoms with Crippen LogP contribution in [0.2, 0.25) is 0 Å². The van der Waals surface area contributed by atoms with E-state index in [0.29, 0.717) is 13.0 Å². The highest BCUT2D eigenvalue weighted by Crippen LogP contribution is 2.23. The van der Waals surface area contributed by atoms with Crippen LogP contribution in [0.3, 0.4) is 0 Å². The summed E-state index contributed by atoms with van der Waals surface area (Å²) in [6.45, 7) is 5.98. The molecular formula is C29H33ClF2N2O3. The number of halogens is 3. The van der Waals surface area contributed by atoms with Crippen molar-refractivity contribution in [2.24, 2.45) is 0 Å². The van der Waals surface area contributed by atoms with Gasteiger partial charge in [0, 0.05) is 44.8 Å². The van der Waals surface area contributed by atoms with Gasteiger partial charge in [0.15, 0.2) is 5.78 Å². The Balaban J connectivity index is 0.00000380. The summed E-state index contributed by atoms with van der Waals surface area (Å²) in [7, 11) is 0. The number of ether oxygens (including phenoxy) is 1. The minimum Gasteiger partial charge on any atom is -0.490 e. The van der Waals surface area contributed by atoms with Gasteiger partial charge >= 0.3 is 0 Å². The highest BCUT2D eigenvalue weighted by atomic mass is 35.5. The van der Waals surface area contributed by atoms with Crippen molar-refractivity contribution in [2.45, 2.75) is 25.9 Å². The van der Waals surface area contributed by atoms with Crippen LogP contribution in [-0.2, 0) is 6.42 Å². The third kappa shape index (κ3) is 7.99. The number of aryl methyl sites for hydroxylation is 2. The summed E-state index contributed by atoms with van der Waals surface area (Å²) in [5.74, 6) is -0.878. The SMILES string of the molecule is Cc1ccccc1N1CCN(CC(O)COc2ccc(F)cc2C(=O)CCc2ccc(F)cc2)CC1.Cl. The van der Waals surface area contributed by atoms with E-state index in [4.69, 9.17) is 4.74 Å². The van der Waals surface area contributed by atoms with Crippen molar-refractivity contribution in [1.29, 1.82) is 0 Å². The molecule has 1 heterocycles. The average molecular weight is 531 g/mol. The summed E-state index contributed by atoms with van der Waals surface area (Å²) in [4.78, 5) is 17.3. The number of carbonyl (C=O) groups is 1. The van der Waals surface area contributed by atoms with Crippen LogP contribution >= 0.6 is 12.4 Å². The van der Waals surface area contributed by atoms with Gasteiger partial charge in [0.25, 0.3) is 0 Å². The summed E-state index contributed by atoms with van der Waals surface area (Å²) < 4.78 is 32.8. The van der Waals surface area contributed by atoms with Gasteiger partial charge in [0.05, 0.1) is 5.56 Å². The van der Waals surface area contributed by atoms with Crippen LogP contribution in [0.1, 0.15) is 27.9 Å². The summed E-state index contributed by atoms with van der Waals surface area (Å²) in [5, 5.41) is 10.6. The molecule has 0 amide bonds. The maximum Gasteiger partial charge on any atom is 0.167 e. The predicted molar refractivity (Wildman–Crippen MR) is 144 cm³/mol. The van der Waals surface area contributed by atoms with Crippen LogP contribution in [0.15, 0.2) is 66.7 Å². The summed E-state index contributed by atoms with van der Waals surface area (Å²) in [6, 6.07) is 18.1. The van der Waals surface area contributed by atoms with Crippen molar-refractivity contribution in [3.05, 3.63) is 95.1 Å². The molecule has 8 heteroatoms. The number of rotatable bonds is 10. The normalized spacial score (nSPS) is 14.6. The van der Waals surface area contributed by atoms with Crippen LogP contribution in [-0.4, -0.2) is 61.2 Å². The largest absolute Gasteiger partial charge is 0.490 e. The average Bonchev–Trinajstić information content (AvgIpc) is 2.88. The molecule has 1 N–H and O–H groups in total. The highest BCUT2D eigenvalue weighted by Gasteiger charge is 2.21. The highest BCUT2D eigenvalue weighted by molar-refractivity contribution is 5.98.